The van der Waals surface area contributed by atoms with E-state index in [2.05, 4.69) is 21.5 Å². The molecule has 0 fully saturated rings. The first-order chi connectivity index (χ1) is 9.29. The van der Waals surface area contributed by atoms with Gasteiger partial charge in [-0.15, -0.1) is 0 Å². The number of hydrogen-bond acceptors (Lipinski definition) is 4. The molecule has 0 spiro atoms. The highest BCUT2D eigenvalue weighted by atomic mass is 35.5. The SMILES string of the molecule is NNC(CCc1cccnc1)Cc1ccncc1Cl. The van der Waals surface area contributed by atoms with Crippen molar-refractivity contribution in [3.05, 3.63) is 59.1 Å². The molecule has 0 saturated carbocycles. The molecule has 100 valence electrons. The molecule has 2 rings (SSSR count). The van der Waals surface area contributed by atoms with Crippen LogP contribution in [0.25, 0.3) is 0 Å². The van der Waals surface area contributed by atoms with Crippen molar-refractivity contribution >= 4 is 11.6 Å². The number of nitrogens with zero attached hydrogens (tertiary/aromatic N) is 2. The minimum Gasteiger partial charge on any atom is -0.271 e. The highest BCUT2D eigenvalue weighted by Gasteiger charge is 2.10. The van der Waals surface area contributed by atoms with Crippen molar-refractivity contribution in [2.24, 2.45) is 5.84 Å². The molecule has 19 heavy (non-hydrogen) atoms. The van der Waals surface area contributed by atoms with Crippen LogP contribution in [0.15, 0.2) is 43.0 Å². The van der Waals surface area contributed by atoms with Gasteiger partial charge in [0, 0.05) is 30.8 Å². The summed E-state index contributed by atoms with van der Waals surface area (Å²) in [4.78, 5) is 8.09. The lowest BCUT2D eigenvalue weighted by Crippen LogP contribution is -2.37. The third-order valence-corrected chi connectivity index (χ3v) is 3.40. The monoisotopic (exact) mass is 276 g/mol. The van der Waals surface area contributed by atoms with E-state index in [1.54, 1.807) is 18.6 Å². The van der Waals surface area contributed by atoms with Gasteiger partial charge in [-0.05, 0) is 42.5 Å². The lowest BCUT2D eigenvalue weighted by Gasteiger charge is -2.16. The van der Waals surface area contributed by atoms with Crippen LogP contribution < -0.4 is 11.3 Å². The number of halogens is 1. The third kappa shape index (κ3) is 4.28. The lowest BCUT2D eigenvalue weighted by atomic mass is 10.0. The summed E-state index contributed by atoms with van der Waals surface area (Å²) < 4.78 is 0. The van der Waals surface area contributed by atoms with Crippen molar-refractivity contribution in [2.75, 3.05) is 0 Å². The Morgan fingerprint density at radius 2 is 2.05 bits per heavy atom. The quantitative estimate of drug-likeness (QED) is 0.627. The van der Waals surface area contributed by atoms with Gasteiger partial charge >= 0.3 is 0 Å². The molecule has 0 aliphatic rings. The van der Waals surface area contributed by atoms with Gasteiger partial charge in [0.05, 0.1) is 5.02 Å². The van der Waals surface area contributed by atoms with Gasteiger partial charge in [-0.3, -0.25) is 21.2 Å². The second kappa shape index (κ2) is 7.19. The number of hydrogen-bond donors (Lipinski definition) is 2. The summed E-state index contributed by atoms with van der Waals surface area (Å²) in [6, 6.07) is 6.12. The van der Waals surface area contributed by atoms with Crippen LogP contribution in [-0.2, 0) is 12.8 Å². The fraction of sp³-hybridized carbons (Fsp3) is 0.286. The topological polar surface area (TPSA) is 63.8 Å². The molecule has 0 aliphatic carbocycles. The molecule has 5 heteroatoms. The van der Waals surface area contributed by atoms with Gasteiger partial charge in [-0.25, -0.2) is 0 Å². The van der Waals surface area contributed by atoms with Crippen molar-refractivity contribution in [2.45, 2.75) is 25.3 Å². The van der Waals surface area contributed by atoms with Gasteiger partial charge in [0.1, 0.15) is 0 Å². The molecule has 0 aliphatic heterocycles. The molecular weight excluding hydrogens is 260 g/mol. The first-order valence-corrected chi connectivity index (χ1v) is 6.61. The third-order valence-electron chi connectivity index (χ3n) is 3.06. The molecule has 1 unspecified atom stereocenters. The van der Waals surface area contributed by atoms with Gasteiger partial charge in [0.25, 0.3) is 0 Å². The summed E-state index contributed by atoms with van der Waals surface area (Å²) in [6.07, 6.45) is 9.72. The molecule has 0 amide bonds. The molecule has 0 radical (unpaired) electrons. The summed E-state index contributed by atoms with van der Waals surface area (Å²) in [5, 5.41) is 0.684. The molecule has 2 aromatic heterocycles. The minimum atomic E-state index is 0.181. The summed E-state index contributed by atoms with van der Waals surface area (Å²) >= 11 is 6.10. The van der Waals surface area contributed by atoms with Gasteiger partial charge < -0.3 is 0 Å². The maximum atomic E-state index is 6.10. The predicted molar refractivity (Wildman–Crippen MR) is 76.6 cm³/mol. The van der Waals surface area contributed by atoms with E-state index in [0.29, 0.717) is 5.02 Å². The van der Waals surface area contributed by atoms with Crippen LogP contribution >= 0.6 is 11.6 Å². The lowest BCUT2D eigenvalue weighted by molar-refractivity contribution is 0.491. The van der Waals surface area contributed by atoms with Crippen LogP contribution in [0.4, 0.5) is 0 Å². The predicted octanol–water partition coefficient (Wildman–Crippen LogP) is 2.14. The Hall–Kier alpha value is -1.49. The number of aryl methyl sites for hydroxylation is 1. The van der Waals surface area contributed by atoms with E-state index < -0.39 is 0 Å². The Bertz CT molecular complexity index is 504. The van der Waals surface area contributed by atoms with Crippen molar-refractivity contribution < 1.29 is 0 Å². The number of rotatable bonds is 6. The van der Waals surface area contributed by atoms with Crippen molar-refractivity contribution in [1.82, 2.24) is 15.4 Å². The highest BCUT2D eigenvalue weighted by Crippen LogP contribution is 2.16. The zero-order valence-electron chi connectivity index (χ0n) is 10.6. The van der Waals surface area contributed by atoms with Gasteiger partial charge in [0.2, 0.25) is 0 Å². The smallest absolute Gasteiger partial charge is 0.0621 e. The van der Waals surface area contributed by atoms with E-state index in [-0.39, 0.29) is 6.04 Å². The molecule has 4 nitrogen and oxygen atoms in total. The number of hydrazine groups is 1. The van der Waals surface area contributed by atoms with Crippen LogP contribution in [0.5, 0.6) is 0 Å². The van der Waals surface area contributed by atoms with Crippen molar-refractivity contribution in [3.8, 4) is 0 Å². The zero-order valence-corrected chi connectivity index (χ0v) is 11.3. The number of aromatic nitrogens is 2. The average molecular weight is 277 g/mol. The molecule has 3 N–H and O–H groups in total. The Labute approximate surface area is 118 Å². The highest BCUT2D eigenvalue weighted by molar-refractivity contribution is 6.31. The Morgan fingerprint density at radius 1 is 1.21 bits per heavy atom. The summed E-state index contributed by atoms with van der Waals surface area (Å²) in [5.41, 5.74) is 5.12. The maximum Gasteiger partial charge on any atom is 0.0621 e. The van der Waals surface area contributed by atoms with Gasteiger partial charge in [-0.1, -0.05) is 17.7 Å². The molecule has 0 saturated heterocycles. The van der Waals surface area contributed by atoms with E-state index in [9.17, 15) is 0 Å². The van der Waals surface area contributed by atoms with E-state index in [4.69, 9.17) is 17.4 Å². The second-order valence-electron chi connectivity index (χ2n) is 4.43. The largest absolute Gasteiger partial charge is 0.271 e. The number of nitrogens with two attached hydrogens (primary N) is 1. The Morgan fingerprint density at radius 3 is 2.74 bits per heavy atom. The van der Waals surface area contributed by atoms with E-state index in [1.165, 1.54) is 5.56 Å². The van der Waals surface area contributed by atoms with Gasteiger partial charge in [0.15, 0.2) is 0 Å². The first-order valence-electron chi connectivity index (χ1n) is 6.23. The van der Waals surface area contributed by atoms with E-state index in [1.807, 2.05) is 18.3 Å². The second-order valence-corrected chi connectivity index (χ2v) is 4.84. The van der Waals surface area contributed by atoms with Gasteiger partial charge in [-0.2, -0.15) is 0 Å². The molecule has 1 atom stereocenters. The van der Waals surface area contributed by atoms with E-state index in [0.717, 1.165) is 24.8 Å². The van der Waals surface area contributed by atoms with Crippen molar-refractivity contribution in [3.63, 3.8) is 0 Å². The summed E-state index contributed by atoms with van der Waals surface area (Å²) in [5.74, 6) is 5.61. The zero-order chi connectivity index (χ0) is 13.5. The standard InChI is InChI=1S/C14H17ClN4/c15-14-10-18-7-5-12(14)8-13(19-16)4-3-11-2-1-6-17-9-11/h1-2,5-7,9-10,13,19H,3-4,8,16H2. The Balaban J connectivity index is 1.92. The van der Waals surface area contributed by atoms with Crippen LogP contribution in [0.1, 0.15) is 17.5 Å². The number of pyridine rings is 2. The molecule has 0 bridgehead atoms. The molecular formula is C14H17ClN4. The maximum absolute atomic E-state index is 6.10. The van der Waals surface area contributed by atoms with Crippen LogP contribution in [-0.4, -0.2) is 16.0 Å². The van der Waals surface area contributed by atoms with Crippen LogP contribution in [0, 0.1) is 0 Å². The first kappa shape index (κ1) is 13.9. The summed E-state index contributed by atoms with van der Waals surface area (Å²) in [6.45, 7) is 0. The molecule has 2 aromatic rings. The average Bonchev–Trinajstić information content (AvgIpc) is 2.46. The van der Waals surface area contributed by atoms with Crippen molar-refractivity contribution in [1.29, 1.82) is 0 Å². The number of nitrogens with one attached hydrogen (secondary N) is 1. The normalized spacial score (nSPS) is 12.3. The molecule has 2 heterocycles. The van der Waals surface area contributed by atoms with E-state index >= 15 is 0 Å². The van der Waals surface area contributed by atoms with Crippen LogP contribution in [0.3, 0.4) is 0 Å². The minimum absolute atomic E-state index is 0.181. The molecule has 0 aromatic carbocycles. The van der Waals surface area contributed by atoms with Crippen LogP contribution in [0.2, 0.25) is 5.02 Å². The summed E-state index contributed by atoms with van der Waals surface area (Å²) in [7, 11) is 0. The fourth-order valence-electron chi connectivity index (χ4n) is 1.97. The Kier molecular flexibility index (Phi) is 5.27. The fourth-order valence-corrected chi connectivity index (χ4v) is 2.16.